The minimum absolute atomic E-state index is 0.0240. The summed E-state index contributed by atoms with van der Waals surface area (Å²) in [5.41, 5.74) is 1.77. The number of nitrogens with one attached hydrogen (secondary N) is 1. The molecule has 0 aliphatic heterocycles. The van der Waals surface area contributed by atoms with Gasteiger partial charge in [-0.1, -0.05) is 0 Å². The van der Waals surface area contributed by atoms with E-state index in [4.69, 9.17) is 10.8 Å². The lowest BCUT2D eigenvalue weighted by molar-refractivity contribution is -0.188. The summed E-state index contributed by atoms with van der Waals surface area (Å²) in [4.78, 5) is 22.1. The van der Waals surface area contributed by atoms with Crippen molar-refractivity contribution in [2.75, 3.05) is 12.0 Å². The number of thioether (sulfide) groups is 1. The van der Waals surface area contributed by atoms with E-state index in [1.807, 2.05) is 0 Å². The molecule has 9 heteroatoms. The fraction of sp³-hybridized carbons (Fsp3) is 0.778. The molecule has 0 heterocycles. The molecule has 0 aromatic carbocycles. The highest BCUT2D eigenvalue weighted by Crippen LogP contribution is 2.28. The third kappa shape index (κ3) is 4.37. The first-order valence-electron chi connectivity index (χ1n) is 4.92. The van der Waals surface area contributed by atoms with E-state index in [0.717, 1.165) is 0 Å². The smallest absolute Gasteiger partial charge is 0.415 e. The Morgan fingerprint density at radius 3 is 2.28 bits per heavy atom. The molecule has 0 rings (SSSR count). The molecule has 0 fully saturated rings. The van der Waals surface area contributed by atoms with E-state index in [9.17, 15) is 22.8 Å². The number of carbonyl (C=O) groups excluding carboxylic acids is 1. The van der Waals surface area contributed by atoms with E-state index in [-0.39, 0.29) is 6.42 Å². The van der Waals surface area contributed by atoms with E-state index in [2.05, 4.69) is 0 Å². The quantitative estimate of drug-likeness (QED) is 0.665. The van der Waals surface area contributed by atoms with Crippen LogP contribution in [0.1, 0.15) is 13.3 Å². The Bertz CT molecular complexity index is 321. The average Bonchev–Trinajstić information content (AvgIpc) is 2.21. The number of carboxylic acids is 1. The Labute approximate surface area is 106 Å². The first-order valence-corrected chi connectivity index (χ1v) is 6.31. The van der Waals surface area contributed by atoms with Crippen LogP contribution in [-0.2, 0) is 9.59 Å². The van der Waals surface area contributed by atoms with Crippen molar-refractivity contribution in [3.05, 3.63) is 0 Å². The van der Waals surface area contributed by atoms with Gasteiger partial charge in [-0.3, -0.25) is 4.79 Å². The number of aliphatic carboxylic acids is 1. The van der Waals surface area contributed by atoms with Crippen molar-refractivity contribution < 1.29 is 27.9 Å². The van der Waals surface area contributed by atoms with Crippen LogP contribution in [0.25, 0.3) is 0 Å². The van der Waals surface area contributed by atoms with Gasteiger partial charge < -0.3 is 16.2 Å². The Hall–Kier alpha value is -0.960. The van der Waals surface area contributed by atoms with E-state index in [1.54, 1.807) is 11.6 Å². The van der Waals surface area contributed by atoms with Gasteiger partial charge in [0.1, 0.15) is 6.04 Å². The number of rotatable bonds is 6. The van der Waals surface area contributed by atoms with Gasteiger partial charge in [-0.25, -0.2) is 4.79 Å². The summed E-state index contributed by atoms with van der Waals surface area (Å²) in [7, 11) is 0. The van der Waals surface area contributed by atoms with Crippen LogP contribution >= 0.6 is 11.8 Å². The topological polar surface area (TPSA) is 92.4 Å². The summed E-state index contributed by atoms with van der Waals surface area (Å²) < 4.78 is 37.3. The SMILES string of the molecule is CSCC[C@H](NC(=O)C(C)(N)C(F)(F)F)C(=O)O. The van der Waals surface area contributed by atoms with Crippen LogP contribution in [0, 0.1) is 0 Å². The van der Waals surface area contributed by atoms with E-state index in [1.165, 1.54) is 11.8 Å². The lowest BCUT2D eigenvalue weighted by Crippen LogP contribution is -2.63. The van der Waals surface area contributed by atoms with Gasteiger partial charge in [-0.15, -0.1) is 0 Å². The molecule has 1 unspecified atom stereocenters. The molecule has 0 aromatic heterocycles. The summed E-state index contributed by atoms with van der Waals surface area (Å²) >= 11 is 1.32. The van der Waals surface area contributed by atoms with Gasteiger partial charge in [0.25, 0.3) is 0 Å². The zero-order chi connectivity index (χ0) is 14.6. The van der Waals surface area contributed by atoms with E-state index >= 15 is 0 Å². The number of halogens is 3. The Balaban J connectivity index is 4.75. The third-order valence-corrected chi connectivity index (χ3v) is 2.92. The predicted molar refractivity (Wildman–Crippen MR) is 61.2 cm³/mol. The van der Waals surface area contributed by atoms with Crippen molar-refractivity contribution in [3.8, 4) is 0 Å². The lowest BCUT2D eigenvalue weighted by atomic mass is 10.0. The van der Waals surface area contributed by atoms with Crippen LogP contribution < -0.4 is 11.1 Å². The standard InChI is InChI=1S/C9H15F3N2O3S/c1-8(13,9(10,11)12)7(17)14-5(6(15)16)3-4-18-2/h5H,3-4,13H2,1-2H3,(H,14,17)(H,15,16)/t5-,8?/m0/s1. The number of amides is 1. The predicted octanol–water partition coefficient (Wildman–Crippen LogP) is 0.589. The molecule has 0 spiro atoms. The minimum Gasteiger partial charge on any atom is -0.480 e. The molecule has 18 heavy (non-hydrogen) atoms. The van der Waals surface area contributed by atoms with E-state index in [0.29, 0.717) is 12.7 Å². The average molecular weight is 288 g/mol. The second-order valence-electron chi connectivity index (χ2n) is 3.85. The number of alkyl halides is 3. The van der Waals surface area contributed by atoms with Crippen LogP contribution in [0.2, 0.25) is 0 Å². The fourth-order valence-electron chi connectivity index (χ4n) is 0.930. The highest BCUT2D eigenvalue weighted by Gasteiger charge is 2.54. The second-order valence-corrected chi connectivity index (χ2v) is 4.83. The molecule has 0 radical (unpaired) electrons. The molecule has 1 amide bonds. The fourth-order valence-corrected chi connectivity index (χ4v) is 1.40. The van der Waals surface area contributed by atoms with Crippen molar-refractivity contribution in [1.82, 2.24) is 5.32 Å². The molecule has 0 aromatic rings. The van der Waals surface area contributed by atoms with Crippen molar-refractivity contribution in [3.63, 3.8) is 0 Å². The first kappa shape index (κ1) is 17.0. The number of hydrogen-bond donors (Lipinski definition) is 3. The highest BCUT2D eigenvalue weighted by atomic mass is 32.2. The maximum Gasteiger partial charge on any atom is 0.415 e. The molecule has 4 N–H and O–H groups in total. The summed E-state index contributed by atoms with van der Waals surface area (Å²) in [6.07, 6.45) is -3.21. The molecule has 0 aliphatic rings. The molecule has 106 valence electrons. The van der Waals surface area contributed by atoms with E-state index < -0.39 is 29.6 Å². The zero-order valence-electron chi connectivity index (χ0n) is 9.87. The first-order chi connectivity index (χ1) is 8.04. The van der Waals surface area contributed by atoms with Crippen LogP contribution in [0.15, 0.2) is 0 Å². The van der Waals surface area contributed by atoms with Gasteiger partial charge in [0.2, 0.25) is 5.91 Å². The number of nitrogens with two attached hydrogens (primary N) is 1. The zero-order valence-corrected chi connectivity index (χ0v) is 10.7. The minimum atomic E-state index is -4.94. The van der Waals surface area contributed by atoms with Gasteiger partial charge in [0.15, 0.2) is 5.54 Å². The maximum absolute atomic E-state index is 12.4. The molecular weight excluding hydrogens is 273 g/mol. The summed E-state index contributed by atoms with van der Waals surface area (Å²) in [5, 5.41) is 10.6. The summed E-state index contributed by atoms with van der Waals surface area (Å²) in [6, 6.07) is -1.38. The molecular formula is C9H15F3N2O3S. The Morgan fingerprint density at radius 2 is 1.94 bits per heavy atom. The van der Waals surface area contributed by atoms with Gasteiger partial charge in [-0.2, -0.15) is 24.9 Å². The maximum atomic E-state index is 12.4. The van der Waals surface area contributed by atoms with Gasteiger partial charge in [0.05, 0.1) is 0 Å². The summed E-state index contributed by atoms with van der Waals surface area (Å²) in [5.74, 6) is -2.55. The molecule has 5 nitrogen and oxygen atoms in total. The second kappa shape index (κ2) is 6.28. The number of carboxylic acid groups (broad SMARTS) is 1. The highest BCUT2D eigenvalue weighted by molar-refractivity contribution is 7.98. The van der Waals surface area contributed by atoms with Crippen LogP contribution in [0.5, 0.6) is 0 Å². The van der Waals surface area contributed by atoms with Crippen molar-refractivity contribution in [1.29, 1.82) is 0 Å². The summed E-state index contributed by atoms with van der Waals surface area (Å²) in [6.45, 7) is 0.496. The molecule has 0 aliphatic carbocycles. The normalized spacial score (nSPS) is 16.8. The van der Waals surface area contributed by atoms with Crippen LogP contribution in [-0.4, -0.2) is 46.7 Å². The molecule has 0 saturated heterocycles. The van der Waals surface area contributed by atoms with Crippen molar-refractivity contribution >= 4 is 23.6 Å². The lowest BCUT2D eigenvalue weighted by Gasteiger charge is -2.27. The monoisotopic (exact) mass is 288 g/mol. The number of hydrogen-bond acceptors (Lipinski definition) is 4. The van der Waals surface area contributed by atoms with Crippen LogP contribution in [0.4, 0.5) is 13.2 Å². The van der Waals surface area contributed by atoms with Gasteiger partial charge in [0, 0.05) is 0 Å². The van der Waals surface area contributed by atoms with Gasteiger partial charge in [-0.05, 0) is 25.4 Å². The van der Waals surface area contributed by atoms with Crippen LogP contribution in [0.3, 0.4) is 0 Å². The third-order valence-electron chi connectivity index (χ3n) is 2.27. The molecule has 0 saturated carbocycles. The van der Waals surface area contributed by atoms with Crippen molar-refractivity contribution in [2.45, 2.75) is 31.1 Å². The molecule has 2 atom stereocenters. The van der Waals surface area contributed by atoms with Crippen molar-refractivity contribution in [2.24, 2.45) is 5.73 Å². The number of carbonyl (C=O) groups is 2. The Kier molecular flexibility index (Phi) is 5.94. The largest absolute Gasteiger partial charge is 0.480 e. The molecule has 0 bridgehead atoms. The Morgan fingerprint density at radius 1 is 1.44 bits per heavy atom. The van der Waals surface area contributed by atoms with Gasteiger partial charge >= 0.3 is 12.1 Å².